The Kier molecular flexibility index (Phi) is 4.09. The third kappa shape index (κ3) is 2.97. The van der Waals surface area contributed by atoms with Gasteiger partial charge in [0, 0.05) is 37.6 Å². The van der Waals surface area contributed by atoms with Crippen molar-refractivity contribution < 1.29 is 4.79 Å². The van der Waals surface area contributed by atoms with Crippen LogP contribution in [0.4, 0.5) is 11.4 Å². The first-order chi connectivity index (χ1) is 14.7. The number of carbonyl (C=O) groups excluding carboxylic acids is 1. The highest BCUT2D eigenvalue weighted by Gasteiger charge is 2.20. The summed E-state index contributed by atoms with van der Waals surface area (Å²) >= 11 is 3.45. The second kappa shape index (κ2) is 6.95. The summed E-state index contributed by atoms with van der Waals surface area (Å²) in [6.07, 6.45) is 0. The number of hydrogen-bond donors (Lipinski definition) is 3. The van der Waals surface area contributed by atoms with Crippen LogP contribution in [0.5, 0.6) is 0 Å². The van der Waals surface area contributed by atoms with Gasteiger partial charge in [0.05, 0.1) is 5.69 Å². The first kappa shape index (κ1) is 17.7. The molecule has 0 unspecified atom stereocenters. The molecular weight excluding hydrogens is 410 g/mol. The van der Waals surface area contributed by atoms with E-state index >= 15 is 0 Å². The molecule has 0 spiro atoms. The van der Waals surface area contributed by atoms with Gasteiger partial charge in [-0.3, -0.25) is 4.79 Å². The molecule has 5 aromatic rings. The summed E-state index contributed by atoms with van der Waals surface area (Å²) in [6.45, 7) is 0.690. The van der Waals surface area contributed by atoms with Gasteiger partial charge in [-0.2, -0.15) is 0 Å². The minimum absolute atomic E-state index is 0.0957. The molecule has 30 heavy (non-hydrogen) atoms. The second-order valence-corrected chi connectivity index (χ2v) is 9.34. The minimum atomic E-state index is -0.0957. The molecule has 1 amide bonds. The molecule has 6 rings (SSSR count). The summed E-state index contributed by atoms with van der Waals surface area (Å²) in [5, 5.41) is 7.49. The lowest BCUT2D eigenvalue weighted by atomic mass is 10.0. The largest absolute Gasteiger partial charge is 0.322 e. The van der Waals surface area contributed by atoms with E-state index < -0.39 is 0 Å². The summed E-state index contributed by atoms with van der Waals surface area (Å²) < 4.78 is 2.46. The lowest BCUT2D eigenvalue weighted by Gasteiger charge is -2.11. The van der Waals surface area contributed by atoms with Crippen LogP contribution < -0.4 is 16.2 Å². The third-order valence-electron chi connectivity index (χ3n) is 5.38. The number of fused-ring (bicyclic) bond motifs is 3. The average Bonchev–Trinajstić information content (AvgIpc) is 3.50. The first-order valence-electron chi connectivity index (χ1n) is 9.68. The zero-order valence-corrected chi connectivity index (χ0v) is 17.5. The van der Waals surface area contributed by atoms with Crippen molar-refractivity contribution in [1.29, 1.82) is 0 Å². The van der Waals surface area contributed by atoms with Crippen LogP contribution in [0.2, 0.25) is 0 Å². The van der Waals surface area contributed by atoms with Gasteiger partial charge >= 0.3 is 0 Å². The molecule has 0 aliphatic carbocycles. The number of nitrogens with one attached hydrogen (secondary N) is 3. The normalized spacial score (nSPS) is 12.8. The average molecular weight is 428 g/mol. The second-order valence-electron chi connectivity index (χ2n) is 7.31. The molecule has 146 valence electrons. The van der Waals surface area contributed by atoms with E-state index in [0.717, 1.165) is 32.8 Å². The van der Waals surface area contributed by atoms with Crippen molar-refractivity contribution in [2.45, 2.75) is 6.54 Å². The van der Waals surface area contributed by atoms with Crippen LogP contribution in [0.25, 0.3) is 30.6 Å². The Labute approximate surface area is 181 Å². The molecule has 0 saturated carbocycles. The van der Waals surface area contributed by atoms with Crippen LogP contribution in [-0.4, -0.2) is 5.91 Å². The zero-order chi connectivity index (χ0) is 20.1. The van der Waals surface area contributed by atoms with Crippen molar-refractivity contribution in [3.05, 3.63) is 83.2 Å². The van der Waals surface area contributed by atoms with Gasteiger partial charge in [0.1, 0.15) is 0 Å². The maximum Gasteiger partial charge on any atom is 0.255 e. The van der Waals surface area contributed by atoms with Gasteiger partial charge in [0.25, 0.3) is 5.91 Å². The van der Waals surface area contributed by atoms with Crippen molar-refractivity contribution in [1.82, 2.24) is 5.43 Å². The van der Waals surface area contributed by atoms with E-state index in [1.807, 2.05) is 24.3 Å². The van der Waals surface area contributed by atoms with E-state index in [9.17, 15) is 4.79 Å². The van der Waals surface area contributed by atoms with Crippen molar-refractivity contribution >= 4 is 60.1 Å². The number of benzene rings is 3. The minimum Gasteiger partial charge on any atom is -0.322 e. The van der Waals surface area contributed by atoms with Gasteiger partial charge in [-0.25, -0.2) is 5.43 Å². The number of amides is 1. The first-order valence-corrected chi connectivity index (χ1v) is 11.4. The number of hydrazine groups is 1. The van der Waals surface area contributed by atoms with Crippen LogP contribution in [0.3, 0.4) is 0 Å². The lowest BCUT2D eigenvalue weighted by Crippen LogP contribution is -2.12. The highest BCUT2D eigenvalue weighted by Crippen LogP contribution is 2.40. The summed E-state index contributed by atoms with van der Waals surface area (Å²) in [6, 6.07) is 22.6. The topological polar surface area (TPSA) is 53.2 Å². The third-order valence-corrected chi connectivity index (χ3v) is 7.42. The van der Waals surface area contributed by atoms with Crippen molar-refractivity contribution in [3.8, 4) is 10.4 Å². The molecule has 3 N–H and O–H groups in total. The molecule has 3 heterocycles. The van der Waals surface area contributed by atoms with Crippen molar-refractivity contribution in [2.24, 2.45) is 0 Å². The number of rotatable bonds is 3. The van der Waals surface area contributed by atoms with E-state index in [1.54, 1.807) is 22.7 Å². The monoisotopic (exact) mass is 427 g/mol. The van der Waals surface area contributed by atoms with Gasteiger partial charge in [-0.1, -0.05) is 18.2 Å². The van der Waals surface area contributed by atoms with Crippen molar-refractivity contribution in [3.63, 3.8) is 0 Å². The summed E-state index contributed by atoms with van der Waals surface area (Å²) in [5.41, 5.74) is 11.1. The molecule has 1 aliphatic heterocycles. The fraction of sp³-hybridized carbons (Fsp3) is 0.0417. The summed E-state index contributed by atoms with van der Waals surface area (Å²) in [4.78, 5) is 14.2. The molecule has 4 nitrogen and oxygen atoms in total. The van der Waals surface area contributed by atoms with Gasteiger partial charge in [0.15, 0.2) is 0 Å². The van der Waals surface area contributed by atoms with E-state index in [2.05, 4.69) is 64.0 Å². The summed E-state index contributed by atoms with van der Waals surface area (Å²) in [5.74, 6) is -0.0957. The van der Waals surface area contributed by atoms with Crippen LogP contribution in [-0.2, 0) is 6.54 Å². The molecule has 1 aliphatic rings. The van der Waals surface area contributed by atoms with Crippen LogP contribution in [0, 0.1) is 0 Å². The van der Waals surface area contributed by atoms with Gasteiger partial charge in [-0.05, 0) is 70.2 Å². The van der Waals surface area contributed by atoms with Gasteiger partial charge in [0.2, 0.25) is 0 Å². The van der Waals surface area contributed by atoms with Crippen molar-refractivity contribution in [2.75, 3.05) is 10.7 Å². The number of thiophene rings is 2. The fourth-order valence-electron chi connectivity index (χ4n) is 3.90. The molecule has 3 aromatic carbocycles. The smallest absolute Gasteiger partial charge is 0.255 e. The maximum atomic E-state index is 13.1. The van der Waals surface area contributed by atoms with E-state index in [0.29, 0.717) is 12.1 Å². The van der Waals surface area contributed by atoms with Crippen LogP contribution >= 0.6 is 22.7 Å². The van der Waals surface area contributed by atoms with E-state index in [1.165, 1.54) is 14.8 Å². The quantitative estimate of drug-likeness (QED) is 0.309. The predicted molar refractivity (Wildman–Crippen MR) is 128 cm³/mol. The number of anilines is 2. The molecule has 2 aromatic heterocycles. The Bertz CT molecular complexity index is 1400. The fourth-order valence-corrected chi connectivity index (χ4v) is 5.76. The van der Waals surface area contributed by atoms with Crippen LogP contribution in [0.1, 0.15) is 15.9 Å². The molecule has 0 radical (unpaired) electrons. The maximum absolute atomic E-state index is 13.1. The van der Waals surface area contributed by atoms with Gasteiger partial charge < -0.3 is 10.7 Å². The Balaban J connectivity index is 1.40. The molecule has 0 fully saturated rings. The van der Waals surface area contributed by atoms with Gasteiger partial charge in [-0.15, -0.1) is 22.7 Å². The highest BCUT2D eigenvalue weighted by molar-refractivity contribution is 7.22. The lowest BCUT2D eigenvalue weighted by molar-refractivity contribution is 0.102. The Morgan fingerprint density at radius 2 is 1.83 bits per heavy atom. The highest BCUT2D eigenvalue weighted by atomic mass is 32.1. The summed E-state index contributed by atoms with van der Waals surface area (Å²) in [7, 11) is 0. The SMILES string of the molecule is O=C(Nc1ccc2sccc2c1)c1cc2c(c(-c3cc4ccccc4s3)c1)NNC2. The van der Waals surface area contributed by atoms with Crippen LogP contribution in [0.15, 0.2) is 72.1 Å². The Hall–Kier alpha value is -3.19. The predicted octanol–water partition coefficient (Wildman–Crippen LogP) is 6.47. The molecule has 0 saturated heterocycles. The molecule has 6 heteroatoms. The zero-order valence-electron chi connectivity index (χ0n) is 15.9. The van der Waals surface area contributed by atoms with E-state index in [-0.39, 0.29) is 5.91 Å². The molecule has 0 bridgehead atoms. The number of carbonyl (C=O) groups is 1. The Morgan fingerprint density at radius 1 is 0.933 bits per heavy atom. The Morgan fingerprint density at radius 3 is 2.77 bits per heavy atom. The standard InChI is InChI=1S/C24H17N3OS2/c28-24(26-18-5-6-20-15(10-18)7-8-29-20)16-9-17-13-25-27-23(17)19(11-16)22-12-14-3-1-2-4-21(14)30-22/h1-12,25,27H,13H2,(H,26,28). The molecule has 0 atom stereocenters. The number of hydrogen-bond acceptors (Lipinski definition) is 5. The molecular formula is C24H17N3OS2. The van der Waals surface area contributed by atoms with E-state index in [4.69, 9.17) is 0 Å².